The van der Waals surface area contributed by atoms with Crippen molar-refractivity contribution in [1.82, 2.24) is 14.2 Å². The molecule has 0 unspecified atom stereocenters. The lowest BCUT2D eigenvalue weighted by Gasteiger charge is -2.33. The van der Waals surface area contributed by atoms with Gasteiger partial charge in [0.05, 0.1) is 16.1 Å². The van der Waals surface area contributed by atoms with E-state index in [9.17, 15) is 13.2 Å². The van der Waals surface area contributed by atoms with E-state index in [4.69, 9.17) is 9.47 Å². The Morgan fingerprint density at radius 1 is 1.07 bits per heavy atom. The zero-order valence-corrected chi connectivity index (χ0v) is 18.9. The number of hydrogen-bond donors (Lipinski definition) is 0. The number of amides is 1. The highest BCUT2D eigenvalue weighted by Gasteiger charge is 2.32. The number of fused-ring (bicyclic) bond motifs is 1. The summed E-state index contributed by atoms with van der Waals surface area (Å²) in [5.74, 6) is 0.894. The largest absolute Gasteiger partial charge is 0.486 e. The summed E-state index contributed by atoms with van der Waals surface area (Å²) in [6.07, 6.45) is 1.62. The Morgan fingerprint density at radius 3 is 2.37 bits per heavy atom. The van der Waals surface area contributed by atoms with Crippen molar-refractivity contribution in [2.45, 2.75) is 31.1 Å². The quantitative estimate of drug-likeness (QED) is 0.712. The highest BCUT2D eigenvalue weighted by molar-refractivity contribution is 7.89. The summed E-state index contributed by atoms with van der Waals surface area (Å²) in [5, 5.41) is 0.908. The molecule has 8 nitrogen and oxygen atoms in total. The summed E-state index contributed by atoms with van der Waals surface area (Å²) < 4.78 is 38.5. The van der Waals surface area contributed by atoms with Crippen LogP contribution in [0, 0.1) is 0 Å². The van der Waals surface area contributed by atoms with Crippen LogP contribution >= 0.6 is 11.3 Å². The zero-order chi connectivity index (χ0) is 21.5. The third-order valence-electron chi connectivity index (χ3n) is 5.04. The van der Waals surface area contributed by atoms with Crippen molar-refractivity contribution in [2.24, 2.45) is 0 Å². The molecule has 1 aromatic carbocycles. The summed E-state index contributed by atoms with van der Waals surface area (Å²) in [7, 11) is -3.67. The van der Waals surface area contributed by atoms with E-state index in [0.29, 0.717) is 42.7 Å². The van der Waals surface area contributed by atoms with Crippen LogP contribution < -0.4 is 9.47 Å². The Morgan fingerprint density at radius 2 is 1.73 bits per heavy atom. The Balaban J connectivity index is 1.44. The molecule has 4 rings (SSSR count). The van der Waals surface area contributed by atoms with Crippen LogP contribution in [0.2, 0.25) is 0 Å². The minimum absolute atomic E-state index is 0.0978. The fourth-order valence-corrected chi connectivity index (χ4v) is 5.72. The van der Waals surface area contributed by atoms with E-state index in [1.165, 1.54) is 27.8 Å². The summed E-state index contributed by atoms with van der Waals surface area (Å²) in [5.41, 5.74) is -0.112. The summed E-state index contributed by atoms with van der Waals surface area (Å²) in [6.45, 7) is 8.18. The molecule has 0 aliphatic carbocycles. The number of benzene rings is 1. The molecule has 2 aliphatic heterocycles. The van der Waals surface area contributed by atoms with E-state index in [1.807, 2.05) is 0 Å². The maximum Gasteiger partial charge on any atom is 0.265 e. The lowest BCUT2D eigenvalue weighted by Crippen LogP contribution is -2.50. The van der Waals surface area contributed by atoms with Gasteiger partial charge in [-0.3, -0.25) is 4.79 Å². The van der Waals surface area contributed by atoms with Crippen LogP contribution in [-0.2, 0) is 15.4 Å². The third kappa shape index (κ3) is 4.03. The molecule has 10 heteroatoms. The smallest absolute Gasteiger partial charge is 0.265 e. The second kappa shape index (κ2) is 7.82. The second-order valence-electron chi connectivity index (χ2n) is 8.28. The predicted molar refractivity (Wildman–Crippen MR) is 113 cm³/mol. The molecule has 0 radical (unpaired) electrons. The lowest BCUT2D eigenvalue weighted by molar-refractivity contribution is 0.0702. The van der Waals surface area contributed by atoms with Gasteiger partial charge < -0.3 is 14.4 Å². The highest BCUT2D eigenvalue weighted by Crippen LogP contribution is 2.33. The third-order valence-corrected chi connectivity index (χ3v) is 8.34. The van der Waals surface area contributed by atoms with Gasteiger partial charge in [-0.15, -0.1) is 11.3 Å². The van der Waals surface area contributed by atoms with Gasteiger partial charge in [0.1, 0.15) is 18.1 Å². The van der Waals surface area contributed by atoms with Gasteiger partial charge in [0.2, 0.25) is 10.0 Å². The van der Waals surface area contributed by atoms with Gasteiger partial charge in [0.25, 0.3) is 5.91 Å². The van der Waals surface area contributed by atoms with Crippen LogP contribution in [0.15, 0.2) is 29.3 Å². The fourth-order valence-electron chi connectivity index (χ4n) is 3.34. The van der Waals surface area contributed by atoms with Crippen LogP contribution in [0.3, 0.4) is 0 Å². The average molecular weight is 452 g/mol. The Hall–Kier alpha value is -2.17. The minimum Gasteiger partial charge on any atom is -0.486 e. The first-order chi connectivity index (χ1) is 14.2. The molecule has 1 amide bonds. The molecule has 0 bridgehead atoms. The number of carbonyl (C=O) groups is 1. The lowest BCUT2D eigenvalue weighted by atomic mass is 9.98. The zero-order valence-electron chi connectivity index (χ0n) is 17.3. The first-order valence-electron chi connectivity index (χ1n) is 9.82. The number of thiazole rings is 1. The van der Waals surface area contributed by atoms with Gasteiger partial charge in [-0.1, -0.05) is 20.8 Å². The molecule has 3 heterocycles. The van der Waals surface area contributed by atoms with E-state index < -0.39 is 10.0 Å². The van der Waals surface area contributed by atoms with E-state index in [-0.39, 0.29) is 29.3 Å². The molecule has 0 saturated carbocycles. The molecule has 162 valence electrons. The van der Waals surface area contributed by atoms with Crippen molar-refractivity contribution in [2.75, 3.05) is 39.4 Å². The van der Waals surface area contributed by atoms with Gasteiger partial charge in [0.15, 0.2) is 11.5 Å². The molecule has 1 saturated heterocycles. The van der Waals surface area contributed by atoms with Crippen LogP contribution in [0.5, 0.6) is 11.5 Å². The number of carbonyl (C=O) groups excluding carboxylic acids is 1. The van der Waals surface area contributed by atoms with Crippen LogP contribution in [0.1, 0.15) is 35.5 Å². The minimum atomic E-state index is -3.67. The average Bonchev–Trinajstić information content (AvgIpc) is 3.24. The van der Waals surface area contributed by atoms with Crippen molar-refractivity contribution in [3.63, 3.8) is 0 Å². The van der Waals surface area contributed by atoms with E-state index in [1.54, 1.807) is 17.2 Å². The van der Waals surface area contributed by atoms with Crippen LogP contribution in [0.25, 0.3) is 0 Å². The summed E-state index contributed by atoms with van der Waals surface area (Å²) in [6, 6.07) is 4.66. The van der Waals surface area contributed by atoms with Crippen LogP contribution in [0.4, 0.5) is 0 Å². The van der Waals surface area contributed by atoms with E-state index >= 15 is 0 Å². The second-order valence-corrected chi connectivity index (χ2v) is 11.2. The molecule has 0 spiro atoms. The number of nitrogens with zero attached hydrogens (tertiary/aromatic N) is 3. The molecule has 30 heavy (non-hydrogen) atoms. The number of hydrogen-bond acceptors (Lipinski definition) is 7. The molecule has 1 fully saturated rings. The summed E-state index contributed by atoms with van der Waals surface area (Å²) in [4.78, 5) is 19.6. The molecule has 0 N–H and O–H groups in total. The fraction of sp³-hybridized carbons (Fsp3) is 0.500. The monoisotopic (exact) mass is 451 g/mol. The normalized spacial score (nSPS) is 17.8. The Bertz CT molecular complexity index is 1050. The summed E-state index contributed by atoms with van der Waals surface area (Å²) >= 11 is 1.40. The van der Waals surface area contributed by atoms with Crippen molar-refractivity contribution >= 4 is 27.3 Å². The van der Waals surface area contributed by atoms with Gasteiger partial charge >= 0.3 is 0 Å². The number of aromatic nitrogens is 1. The maximum atomic E-state index is 13.1. The van der Waals surface area contributed by atoms with Gasteiger partial charge in [-0.05, 0) is 12.1 Å². The van der Waals surface area contributed by atoms with Gasteiger partial charge in [-0.25, -0.2) is 13.4 Å². The maximum absolute atomic E-state index is 13.1. The van der Waals surface area contributed by atoms with Gasteiger partial charge in [-0.2, -0.15) is 4.31 Å². The highest BCUT2D eigenvalue weighted by atomic mass is 32.2. The topological polar surface area (TPSA) is 89.0 Å². The first kappa shape index (κ1) is 21.1. The van der Waals surface area contributed by atoms with E-state index in [0.717, 1.165) is 5.01 Å². The number of sulfonamides is 1. The first-order valence-corrected chi connectivity index (χ1v) is 12.1. The van der Waals surface area contributed by atoms with Crippen LogP contribution in [-0.4, -0.2) is 67.9 Å². The number of ether oxygens (including phenoxy) is 2. The van der Waals surface area contributed by atoms with Gasteiger partial charge in [0, 0.05) is 37.7 Å². The molecule has 1 aromatic heterocycles. The predicted octanol–water partition coefficient (Wildman–Crippen LogP) is 2.36. The molecule has 0 atom stereocenters. The molecular formula is C20H25N3O5S2. The van der Waals surface area contributed by atoms with Crippen molar-refractivity contribution < 1.29 is 22.7 Å². The SMILES string of the molecule is CC(C)(C)c1ncc(C(=O)N2CCN(S(=O)(=O)c3ccc4c(c3)OCCO4)CC2)s1. The van der Waals surface area contributed by atoms with E-state index in [2.05, 4.69) is 25.8 Å². The standard InChI is InChI=1S/C20H25N3O5S2/c1-20(2,3)19-21-13-17(29-19)18(24)22-6-8-23(9-7-22)30(25,26)14-4-5-15-16(12-14)28-11-10-27-15/h4-5,12-13H,6-11H2,1-3H3. The molecular weight excluding hydrogens is 426 g/mol. The number of piperazine rings is 1. The number of rotatable bonds is 3. The molecule has 2 aromatic rings. The van der Waals surface area contributed by atoms with Crippen molar-refractivity contribution in [1.29, 1.82) is 0 Å². The van der Waals surface area contributed by atoms with Crippen molar-refractivity contribution in [3.05, 3.63) is 34.3 Å². The van der Waals surface area contributed by atoms with Crippen molar-refractivity contribution in [3.8, 4) is 11.5 Å². The molecule has 2 aliphatic rings. The Kier molecular flexibility index (Phi) is 5.50. The Labute approximate surface area is 180 Å².